The highest BCUT2D eigenvalue weighted by atomic mass is 79.9. The summed E-state index contributed by atoms with van der Waals surface area (Å²) < 4.78 is 6.76. The van der Waals surface area contributed by atoms with Crippen molar-refractivity contribution in [3.63, 3.8) is 0 Å². The SMILES string of the molecule is C[C@H](NC(=O)N[C@H](C)c1cc2ccccc2o1)c1ccccc1Br. The van der Waals surface area contributed by atoms with Crippen molar-refractivity contribution in [2.75, 3.05) is 0 Å². The van der Waals surface area contributed by atoms with Crippen LogP contribution in [0.4, 0.5) is 4.79 Å². The van der Waals surface area contributed by atoms with Gasteiger partial charge < -0.3 is 15.1 Å². The molecule has 0 bridgehead atoms. The molecule has 2 amide bonds. The van der Waals surface area contributed by atoms with Crippen LogP contribution in [0.25, 0.3) is 11.0 Å². The Morgan fingerprint density at radius 2 is 1.67 bits per heavy atom. The van der Waals surface area contributed by atoms with Gasteiger partial charge in [0.25, 0.3) is 0 Å². The maximum absolute atomic E-state index is 12.3. The molecule has 0 aliphatic rings. The smallest absolute Gasteiger partial charge is 0.315 e. The number of furan rings is 1. The molecule has 0 fully saturated rings. The van der Waals surface area contributed by atoms with E-state index in [9.17, 15) is 4.79 Å². The molecule has 24 heavy (non-hydrogen) atoms. The molecule has 3 rings (SSSR count). The van der Waals surface area contributed by atoms with Gasteiger partial charge in [0.2, 0.25) is 0 Å². The first kappa shape index (κ1) is 16.6. The summed E-state index contributed by atoms with van der Waals surface area (Å²) in [5, 5.41) is 6.90. The first-order valence-corrected chi connectivity index (χ1v) is 8.64. The van der Waals surface area contributed by atoms with Gasteiger partial charge in [0.05, 0.1) is 12.1 Å². The lowest BCUT2D eigenvalue weighted by molar-refractivity contribution is 0.233. The summed E-state index contributed by atoms with van der Waals surface area (Å²) in [6.45, 7) is 3.85. The van der Waals surface area contributed by atoms with Crippen LogP contribution in [-0.2, 0) is 0 Å². The van der Waals surface area contributed by atoms with Crippen molar-refractivity contribution >= 4 is 32.9 Å². The van der Waals surface area contributed by atoms with Crippen molar-refractivity contribution in [3.8, 4) is 0 Å². The van der Waals surface area contributed by atoms with Gasteiger partial charge in [-0.25, -0.2) is 4.79 Å². The van der Waals surface area contributed by atoms with E-state index >= 15 is 0 Å². The average molecular weight is 387 g/mol. The van der Waals surface area contributed by atoms with Crippen molar-refractivity contribution in [2.24, 2.45) is 0 Å². The van der Waals surface area contributed by atoms with Crippen LogP contribution in [-0.4, -0.2) is 6.03 Å². The van der Waals surface area contributed by atoms with Crippen LogP contribution in [0.1, 0.15) is 37.3 Å². The van der Waals surface area contributed by atoms with Gasteiger partial charge in [0.1, 0.15) is 11.3 Å². The van der Waals surface area contributed by atoms with E-state index in [0.29, 0.717) is 0 Å². The molecule has 0 saturated heterocycles. The van der Waals surface area contributed by atoms with Crippen LogP contribution in [0, 0.1) is 0 Å². The minimum Gasteiger partial charge on any atom is -0.459 e. The zero-order valence-electron chi connectivity index (χ0n) is 13.5. The molecule has 2 aromatic carbocycles. The number of carbonyl (C=O) groups excluding carboxylic acids is 1. The van der Waals surface area contributed by atoms with Crippen LogP contribution in [0.3, 0.4) is 0 Å². The summed E-state index contributed by atoms with van der Waals surface area (Å²) in [6.07, 6.45) is 0. The highest BCUT2D eigenvalue weighted by Crippen LogP contribution is 2.24. The van der Waals surface area contributed by atoms with Gasteiger partial charge >= 0.3 is 6.03 Å². The number of hydrogen-bond acceptors (Lipinski definition) is 2. The Bertz CT molecular complexity index is 826. The second-order valence-corrected chi connectivity index (χ2v) is 6.62. The number of nitrogens with one attached hydrogen (secondary N) is 2. The molecule has 0 aliphatic heterocycles. The van der Waals surface area contributed by atoms with E-state index in [1.54, 1.807) is 0 Å². The number of halogens is 1. The maximum atomic E-state index is 12.3. The lowest BCUT2D eigenvalue weighted by atomic mass is 10.1. The first-order chi connectivity index (χ1) is 11.5. The third-order valence-electron chi connectivity index (χ3n) is 3.94. The Kier molecular flexibility index (Phi) is 4.90. The molecule has 2 N–H and O–H groups in total. The fraction of sp³-hybridized carbons (Fsp3) is 0.211. The van der Waals surface area contributed by atoms with Crippen LogP contribution < -0.4 is 10.6 Å². The number of hydrogen-bond donors (Lipinski definition) is 2. The fourth-order valence-electron chi connectivity index (χ4n) is 2.63. The Morgan fingerprint density at radius 1 is 1.00 bits per heavy atom. The second-order valence-electron chi connectivity index (χ2n) is 5.77. The van der Waals surface area contributed by atoms with Crippen molar-refractivity contribution in [3.05, 3.63) is 70.4 Å². The van der Waals surface area contributed by atoms with Gasteiger partial charge in [-0.2, -0.15) is 0 Å². The molecule has 3 aromatic rings. The lowest BCUT2D eigenvalue weighted by Crippen LogP contribution is -2.38. The Morgan fingerprint density at radius 3 is 2.42 bits per heavy atom. The number of benzene rings is 2. The van der Waals surface area contributed by atoms with Crippen LogP contribution in [0.15, 0.2) is 63.5 Å². The Hall–Kier alpha value is -2.27. The summed E-state index contributed by atoms with van der Waals surface area (Å²) in [4.78, 5) is 12.3. The molecule has 1 heterocycles. The molecule has 0 saturated carbocycles. The van der Waals surface area contributed by atoms with E-state index in [1.807, 2.05) is 68.4 Å². The number of para-hydroxylation sites is 1. The molecule has 4 nitrogen and oxygen atoms in total. The minimum absolute atomic E-state index is 0.108. The molecule has 2 atom stereocenters. The average Bonchev–Trinajstić information content (AvgIpc) is 2.99. The summed E-state index contributed by atoms with van der Waals surface area (Å²) >= 11 is 3.51. The third kappa shape index (κ3) is 3.62. The van der Waals surface area contributed by atoms with Gasteiger partial charge in [-0.3, -0.25) is 0 Å². The van der Waals surface area contributed by atoms with Crippen molar-refractivity contribution < 1.29 is 9.21 Å². The van der Waals surface area contributed by atoms with E-state index in [-0.39, 0.29) is 18.1 Å². The van der Waals surface area contributed by atoms with Crippen LogP contribution in [0.5, 0.6) is 0 Å². The molecule has 0 spiro atoms. The summed E-state index contributed by atoms with van der Waals surface area (Å²) in [5.74, 6) is 0.736. The molecule has 1 aromatic heterocycles. The molecular weight excluding hydrogens is 368 g/mol. The normalized spacial score (nSPS) is 13.5. The summed E-state index contributed by atoms with van der Waals surface area (Å²) in [7, 11) is 0. The number of urea groups is 1. The topological polar surface area (TPSA) is 54.3 Å². The molecular formula is C19H19BrN2O2. The number of fused-ring (bicyclic) bond motifs is 1. The van der Waals surface area contributed by atoms with E-state index in [0.717, 1.165) is 26.8 Å². The number of rotatable bonds is 4. The highest BCUT2D eigenvalue weighted by molar-refractivity contribution is 9.10. The van der Waals surface area contributed by atoms with Gasteiger partial charge in [0.15, 0.2) is 0 Å². The fourth-order valence-corrected chi connectivity index (χ4v) is 3.25. The van der Waals surface area contributed by atoms with Crippen molar-refractivity contribution in [1.82, 2.24) is 10.6 Å². The van der Waals surface area contributed by atoms with Gasteiger partial charge in [0, 0.05) is 9.86 Å². The first-order valence-electron chi connectivity index (χ1n) is 7.84. The van der Waals surface area contributed by atoms with E-state index < -0.39 is 0 Å². The monoisotopic (exact) mass is 386 g/mol. The van der Waals surface area contributed by atoms with Crippen molar-refractivity contribution in [1.29, 1.82) is 0 Å². The van der Waals surface area contributed by atoms with E-state index in [4.69, 9.17) is 4.42 Å². The maximum Gasteiger partial charge on any atom is 0.315 e. The number of carbonyl (C=O) groups is 1. The van der Waals surface area contributed by atoms with Gasteiger partial charge in [-0.1, -0.05) is 52.3 Å². The zero-order chi connectivity index (χ0) is 17.1. The molecule has 0 unspecified atom stereocenters. The summed E-state index contributed by atoms with van der Waals surface area (Å²) in [6, 6.07) is 17.0. The molecule has 0 aliphatic carbocycles. The third-order valence-corrected chi connectivity index (χ3v) is 4.66. The van der Waals surface area contributed by atoms with E-state index in [2.05, 4.69) is 26.6 Å². The molecule has 0 radical (unpaired) electrons. The molecule has 5 heteroatoms. The second kappa shape index (κ2) is 7.09. The lowest BCUT2D eigenvalue weighted by Gasteiger charge is -2.18. The Labute approximate surface area is 149 Å². The minimum atomic E-state index is -0.230. The summed E-state index contributed by atoms with van der Waals surface area (Å²) in [5.41, 5.74) is 1.85. The van der Waals surface area contributed by atoms with E-state index in [1.165, 1.54) is 0 Å². The van der Waals surface area contributed by atoms with Crippen LogP contribution in [0.2, 0.25) is 0 Å². The highest BCUT2D eigenvalue weighted by Gasteiger charge is 2.16. The zero-order valence-corrected chi connectivity index (χ0v) is 15.1. The Balaban J connectivity index is 1.64. The largest absolute Gasteiger partial charge is 0.459 e. The standard InChI is InChI=1S/C19H19BrN2O2/c1-12(15-8-4-5-9-16(15)20)21-19(23)22-13(2)18-11-14-7-3-6-10-17(14)24-18/h3-13H,1-2H3,(H2,21,22,23)/t12-,13+/m0/s1. The van der Waals surface area contributed by atoms with Gasteiger partial charge in [-0.15, -0.1) is 0 Å². The van der Waals surface area contributed by atoms with Gasteiger partial charge in [-0.05, 0) is 37.6 Å². The quantitative estimate of drug-likeness (QED) is 0.637. The molecule has 124 valence electrons. The number of amides is 2. The predicted molar refractivity (Wildman–Crippen MR) is 98.9 cm³/mol. The van der Waals surface area contributed by atoms with Crippen LogP contribution >= 0.6 is 15.9 Å². The predicted octanol–water partition coefficient (Wildman–Crippen LogP) is 5.32. The van der Waals surface area contributed by atoms with Crippen molar-refractivity contribution in [2.45, 2.75) is 25.9 Å².